The molecule has 0 bridgehead atoms. The van der Waals surface area contributed by atoms with Gasteiger partial charge in [-0.1, -0.05) is 11.2 Å². The van der Waals surface area contributed by atoms with Crippen LogP contribution in [-0.4, -0.2) is 26.1 Å². The Hall–Kier alpha value is -2.57. The lowest BCUT2D eigenvalue weighted by Gasteiger charge is -1.99. The van der Waals surface area contributed by atoms with E-state index in [1.165, 1.54) is 29.1 Å². The van der Waals surface area contributed by atoms with E-state index in [4.69, 9.17) is 0 Å². The van der Waals surface area contributed by atoms with Crippen molar-refractivity contribution in [3.05, 3.63) is 48.3 Å². The molecule has 0 fully saturated rings. The number of aromatic nitrogens is 4. The van der Waals surface area contributed by atoms with Crippen LogP contribution in [-0.2, 0) is 6.54 Å². The molecule has 0 aliphatic rings. The van der Waals surface area contributed by atoms with Crippen molar-refractivity contribution in [2.45, 2.75) is 6.54 Å². The quantitative estimate of drug-likeness (QED) is 0.825. The van der Waals surface area contributed by atoms with Crippen molar-refractivity contribution < 1.29 is 9.18 Å². The molecule has 1 aromatic carbocycles. The highest BCUT2D eigenvalue weighted by atomic mass is 19.1. The molecule has 7 heteroatoms. The largest absolute Gasteiger partial charge is 0.288 e. The summed E-state index contributed by atoms with van der Waals surface area (Å²) in [7, 11) is 0. The summed E-state index contributed by atoms with van der Waals surface area (Å²) in [6.07, 6.45) is 1.60. The Kier molecular flexibility index (Phi) is 3.42. The smallest absolute Gasteiger partial charge is 0.270 e. The minimum atomic E-state index is -0.423. The van der Waals surface area contributed by atoms with Crippen molar-refractivity contribution in [2.24, 2.45) is 0 Å². The van der Waals surface area contributed by atoms with Gasteiger partial charge in [-0.2, -0.15) is 4.80 Å². The van der Waals surface area contributed by atoms with E-state index >= 15 is 0 Å². The van der Waals surface area contributed by atoms with Crippen molar-refractivity contribution in [2.75, 3.05) is 5.32 Å². The number of hydrogen-bond donors (Lipinski definition) is 1. The minimum Gasteiger partial charge on any atom is -0.288 e. The Labute approximate surface area is 102 Å². The molecular formula is C11H10FN5O. The summed E-state index contributed by atoms with van der Waals surface area (Å²) in [5.41, 5.74) is 0.316. The van der Waals surface area contributed by atoms with Crippen LogP contribution in [0.3, 0.4) is 0 Å². The van der Waals surface area contributed by atoms with Gasteiger partial charge in [0.2, 0.25) is 0 Å². The number of benzene rings is 1. The van der Waals surface area contributed by atoms with Gasteiger partial charge in [-0.25, -0.2) is 4.39 Å². The number of anilines is 1. The zero-order valence-electron chi connectivity index (χ0n) is 9.38. The van der Waals surface area contributed by atoms with E-state index in [1.54, 1.807) is 6.08 Å². The molecule has 0 spiro atoms. The average molecular weight is 247 g/mol. The van der Waals surface area contributed by atoms with Crippen LogP contribution >= 0.6 is 0 Å². The maximum Gasteiger partial charge on any atom is 0.270 e. The van der Waals surface area contributed by atoms with Gasteiger partial charge in [0.15, 0.2) is 0 Å². The minimum absolute atomic E-state index is 0.0891. The van der Waals surface area contributed by atoms with Gasteiger partial charge < -0.3 is 0 Å². The molecule has 92 valence electrons. The Balaban J connectivity index is 2.06. The number of carbonyl (C=O) groups is 1. The van der Waals surface area contributed by atoms with Gasteiger partial charge in [0, 0.05) is 5.56 Å². The number of amides is 1. The van der Waals surface area contributed by atoms with Gasteiger partial charge in [0.25, 0.3) is 11.9 Å². The number of nitrogens with one attached hydrogen (secondary N) is 1. The highest BCUT2D eigenvalue weighted by molar-refractivity contribution is 6.03. The fourth-order valence-electron chi connectivity index (χ4n) is 1.26. The molecule has 0 radical (unpaired) electrons. The van der Waals surface area contributed by atoms with Crippen molar-refractivity contribution in [3.8, 4) is 0 Å². The van der Waals surface area contributed by atoms with E-state index in [1.807, 2.05) is 0 Å². The van der Waals surface area contributed by atoms with E-state index in [0.717, 1.165) is 0 Å². The van der Waals surface area contributed by atoms with Gasteiger partial charge in [0.1, 0.15) is 5.82 Å². The normalized spacial score (nSPS) is 10.1. The Morgan fingerprint density at radius 2 is 2.17 bits per heavy atom. The number of carbonyl (C=O) groups excluding carboxylic acids is 1. The summed E-state index contributed by atoms with van der Waals surface area (Å²) >= 11 is 0. The second kappa shape index (κ2) is 5.17. The van der Waals surface area contributed by atoms with Crippen LogP contribution in [0.4, 0.5) is 10.3 Å². The molecular weight excluding hydrogens is 237 g/mol. The number of allylic oxidation sites excluding steroid dienone is 1. The lowest BCUT2D eigenvalue weighted by molar-refractivity contribution is 0.102. The zero-order chi connectivity index (χ0) is 13.0. The summed E-state index contributed by atoms with van der Waals surface area (Å²) in [6, 6.07) is 5.16. The molecule has 18 heavy (non-hydrogen) atoms. The second-order valence-corrected chi connectivity index (χ2v) is 3.42. The van der Waals surface area contributed by atoms with Crippen LogP contribution in [0.25, 0.3) is 0 Å². The second-order valence-electron chi connectivity index (χ2n) is 3.42. The third-order valence-corrected chi connectivity index (χ3v) is 2.08. The molecule has 0 atom stereocenters. The first-order valence-corrected chi connectivity index (χ1v) is 5.14. The van der Waals surface area contributed by atoms with Crippen LogP contribution in [0.15, 0.2) is 36.9 Å². The van der Waals surface area contributed by atoms with Crippen molar-refractivity contribution in [3.63, 3.8) is 0 Å². The van der Waals surface area contributed by atoms with E-state index in [2.05, 4.69) is 27.3 Å². The fraction of sp³-hybridized carbons (Fsp3) is 0.0909. The van der Waals surface area contributed by atoms with Crippen molar-refractivity contribution in [1.82, 2.24) is 20.2 Å². The number of halogens is 1. The molecule has 1 amide bonds. The summed E-state index contributed by atoms with van der Waals surface area (Å²) in [5, 5.41) is 13.7. The number of tetrazole rings is 1. The summed E-state index contributed by atoms with van der Waals surface area (Å²) < 4.78 is 12.7. The van der Waals surface area contributed by atoms with Crippen molar-refractivity contribution >= 4 is 11.9 Å². The van der Waals surface area contributed by atoms with Gasteiger partial charge in [-0.15, -0.1) is 11.7 Å². The first kappa shape index (κ1) is 11.9. The van der Waals surface area contributed by atoms with Crippen LogP contribution in [0.5, 0.6) is 0 Å². The van der Waals surface area contributed by atoms with E-state index in [-0.39, 0.29) is 5.95 Å². The van der Waals surface area contributed by atoms with Gasteiger partial charge in [-0.3, -0.25) is 10.1 Å². The van der Waals surface area contributed by atoms with Crippen LogP contribution in [0.1, 0.15) is 10.4 Å². The average Bonchev–Trinajstić information content (AvgIpc) is 2.78. The predicted molar refractivity (Wildman–Crippen MR) is 62.4 cm³/mol. The Morgan fingerprint density at radius 1 is 1.44 bits per heavy atom. The van der Waals surface area contributed by atoms with Gasteiger partial charge in [-0.05, 0) is 29.5 Å². The standard InChI is InChI=1S/C11H10FN5O/c1-2-7-17-15-11(14-16-17)13-10(18)8-3-5-9(12)6-4-8/h2-6H,1,7H2,(H,13,15,18). The summed E-state index contributed by atoms with van der Waals surface area (Å²) in [4.78, 5) is 13.0. The van der Waals surface area contributed by atoms with E-state index in [9.17, 15) is 9.18 Å². The first-order valence-electron chi connectivity index (χ1n) is 5.14. The molecule has 1 heterocycles. The highest BCUT2D eigenvalue weighted by Gasteiger charge is 2.09. The van der Waals surface area contributed by atoms with Crippen LogP contribution in [0.2, 0.25) is 0 Å². The van der Waals surface area contributed by atoms with Crippen molar-refractivity contribution in [1.29, 1.82) is 0 Å². The molecule has 0 aliphatic carbocycles. The number of nitrogens with zero attached hydrogens (tertiary/aromatic N) is 4. The monoisotopic (exact) mass is 247 g/mol. The molecule has 0 saturated carbocycles. The van der Waals surface area contributed by atoms with Crippen LogP contribution in [0, 0.1) is 5.82 Å². The van der Waals surface area contributed by atoms with Gasteiger partial charge in [0.05, 0.1) is 6.54 Å². The topological polar surface area (TPSA) is 72.7 Å². The molecule has 2 rings (SSSR count). The van der Waals surface area contributed by atoms with E-state index < -0.39 is 11.7 Å². The first-order chi connectivity index (χ1) is 8.69. The van der Waals surface area contributed by atoms with Crippen LogP contribution < -0.4 is 5.32 Å². The maximum absolute atomic E-state index is 12.7. The highest BCUT2D eigenvalue weighted by Crippen LogP contribution is 2.05. The predicted octanol–water partition coefficient (Wildman–Crippen LogP) is 1.25. The lowest BCUT2D eigenvalue weighted by atomic mass is 10.2. The third-order valence-electron chi connectivity index (χ3n) is 2.08. The molecule has 0 unspecified atom stereocenters. The molecule has 1 aromatic heterocycles. The van der Waals surface area contributed by atoms with Gasteiger partial charge >= 0.3 is 0 Å². The summed E-state index contributed by atoms with van der Waals surface area (Å²) in [6.45, 7) is 3.93. The molecule has 0 aliphatic heterocycles. The SMILES string of the molecule is C=CCn1nnc(NC(=O)c2ccc(F)cc2)n1. The molecule has 1 N–H and O–H groups in total. The Bertz CT molecular complexity index is 563. The number of rotatable bonds is 4. The Morgan fingerprint density at radius 3 is 2.83 bits per heavy atom. The maximum atomic E-state index is 12.7. The summed E-state index contributed by atoms with van der Waals surface area (Å²) in [5.74, 6) is -0.735. The lowest BCUT2D eigenvalue weighted by Crippen LogP contribution is -2.13. The fourth-order valence-corrected chi connectivity index (χ4v) is 1.26. The zero-order valence-corrected chi connectivity index (χ0v) is 9.38. The van der Waals surface area contributed by atoms with E-state index in [0.29, 0.717) is 12.1 Å². The molecule has 0 saturated heterocycles. The molecule has 6 nitrogen and oxygen atoms in total. The molecule has 2 aromatic rings. The third kappa shape index (κ3) is 2.76. The number of hydrogen-bond acceptors (Lipinski definition) is 4.